The Morgan fingerprint density at radius 3 is 2.70 bits per heavy atom. The molecule has 1 aliphatic heterocycles. The number of nitrogens with one attached hydrogen (secondary N) is 2. The SMILES string of the molecule is C=CC[C@H](OCC)[C@H](NC(C)=O)[C@@H]1N[C@@H](C(=O)O)C[C@H]1C=CC. The van der Waals surface area contributed by atoms with Gasteiger partial charge in [-0.3, -0.25) is 14.9 Å². The van der Waals surface area contributed by atoms with Gasteiger partial charge in [-0.15, -0.1) is 6.58 Å². The quantitative estimate of drug-likeness (QED) is 0.559. The smallest absolute Gasteiger partial charge is 0.320 e. The van der Waals surface area contributed by atoms with Crippen molar-refractivity contribution in [2.45, 2.75) is 57.8 Å². The number of allylic oxidation sites excluding steroid dienone is 1. The number of carbonyl (C=O) groups is 2. The Hall–Kier alpha value is -1.66. The van der Waals surface area contributed by atoms with Gasteiger partial charge in [-0.05, 0) is 32.6 Å². The van der Waals surface area contributed by atoms with Crippen LogP contribution < -0.4 is 10.6 Å². The van der Waals surface area contributed by atoms with Crippen molar-refractivity contribution < 1.29 is 19.4 Å². The first-order valence-corrected chi connectivity index (χ1v) is 8.05. The lowest BCUT2D eigenvalue weighted by molar-refractivity contribution is -0.139. The Kier molecular flexibility index (Phi) is 7.98. The standard InChI is InChI=1S/C17H28N2O4/c1-5-8-12-10-13(17(21)22)19-15(12)16(18-11(4)20)14(9-6-2)23-7-3/h5-6,8,12-16,19H,2,7,9-10H2,1,3-4H3,(H,18,20)(H,21,22)/t12-,13-,14+,15-,16+/m1/s1. The normalized spacial score (nSPS) is 26.8. The van der Waals surface area contributed by atoms with E-state index in [2.05, 4.69) is 17.2 Å². The second-order valence-corrected chi connectivity index (χ2v) is 5.75. The lowest BCUT2D eigenvalue weighted by atomic mass is 9.89. The summed E-state index contributed by atoms with van der Waals surface area (Å²) in [4.78, 5) is 23.0. The van der Waals surface area contributed by atoms with Crippen molar-refractivity contribution in [1.82, 2.24) is 10.6 Å². The van der Waals surface area contributed by atoms with Gasteiger partial charge < -0.3 is 15.2 Å². The number of aliphatic carboxylic acids is 1. The van der Waals surface area contributed by atoms with Crippen LogP contribution in [0.25, 0.3) is 0 Å². The first-order chi connectivity index (χ1) is 10.9. The molecule has 6 heteroatoms. The van der Waals surface area contributed by atoms with Crippen LogP contribution in [0.3, 0.4) is 0 Å². The maximum absolute atomic E-state index is 11.6. The summed E-state index contributed by atoms with van der Waals surface area (Å²) in [5.74, 6) is -1.02. The fourth-order valence-electron chi connectivity index (χ4n) is 3.18. The van der Waals surface area contributed by atoms with Gasteiger partial charge in [-0.25, -0.2) is 0 Å². The molecule has 5 atom stereocenters. The summed E-state index contributed by atoms with van der Waals surface area (Å²) in [6, 6.07) is -1.15. The number of rotatable bonds is 9. The van der Waals surface area contributed by atoms with E-state index in [0.717, 1.165) is 0 Å². The van der Waals surface area contributed by atoms with Crippen LogP contribution in [0.5, 0.6) is 0 Å². The van der Waals surface area contributed by atoms with E-state index in [1.165, 1.54) is 6.92 Å². The molecule has 23 heavy (non-hydrogen) atoms. The van der Waals surface area contributed by atoms with Gasteiger partial charge in [-0.1, -0.05) is 18.2 Å². The second kappa shape index (κ2) is 9.47. The predicted molar refractivity (Wildman–Crippen MR) is 89.1 cm³/mol. The maximum atomic E-state index is 11.6. The molecule has 0 saturated carbocycles. The monoisotopic (exact) mass is 324 g/mol. The first kappa shape index (κ1) is 19.4. The van der Waals surface area contributed by atoms with Crippen LogP contribution in [0, 0.1) is 5.92 Å². The summed E-state index contributed by atoms with van der Waals surface area (Å²) in [6.07, 6.45) is 6.48. The molecule has 1 amide bonds. The summed E-state index contributed by atoms with van der Waals surface area (Å²) >= 11 is 0. The van der Waals surface area contributed by atoms with Crippen molar-refractivity contribution in [2.75, 3.05) is 6.61 Å². The van der Waals surface area contributed by atoms with Crippen LogP contribution >= 0.6 is 0 Å². The molecule has 0 aromatic heterocycles. The number of hydrogen-bond donors (Lipinski definition) is 3. The summed E-state index contributed by atoms with van der Waals surface area (Å²) in [6.45, 7) is 9.52. The zero-order valence-corrected chi connectivity index (χ0v) is 14.1. The van der Waals surface area contributed by atoms with E-state index in [0.29, 0.717) is 19.4 Å². The Bertz CT molecular complexity index is 450. The molecule has 1 saturated heterocycles. The van der Waals surface area contributed by atoms with Crippen LogP contribution in [0.15, 0.2) is 24.8 Å². The van der Waals surface area contributed by atoms with E-state index in [-0.39, 0.29) is 30.0 Å². The van der Waals surface area contributed by atoms with Gasteiger partial charge in [0.1, 0.15) is 6.04 Å². The van der Waals surface area contributed by atoms with Gasteiger partial charge in [0.25, 0.3) is 0 Å². The summed E-state index contributed by atoms with van der Waals surface area (Å²) in [5.41, 5.74) is 0. The van der Waals surface area contributed by atoms with E-state index < -0.39 is 12.0 Å². The fourth-order valence-corrected chi connectivity index (χ4v) is 3.18. The molecular formula is C17H28N2O4. The largest absolute Gasteiger partial charge is 0.480 e. The molecule has 1 heterocycles. The number of carboxylic acid groups (broad SMARTS) is 1. The molecule has 0 unspecified atom stereocenters. The van der Waals surface area contributed by atoms with E-state index in [4.69, 9.17) is 4.74 Å². The van der Waals surface area contributed by atoms with Crippen molar-refractivity contribution in [3.05, 3.63) is 24.8 Å². The molecule has 0 aromatic carbocycles. The first-order valence-electron chi connectivity index (χ1n) is 8.05. The Morgan fingerprint density at radius 1 is 1.52 bits per heavy atom. The molecule has 1 rings (SSSR count). The van der Waals surface area contributed by atoms with Gasteiger partial charge in [-0.2, -0.15) is 0 Å². The van der Waals surface area contributed by atoms with Crippen LogP contribution in [0.4, 0.5) is 0 Å². The number of amides is 1. The van der Waals surface area contributed by atoms with E-state index in [1.54, 1.807) is 6.08 Å². The number of ether oxygens (including phenoxy) is 1. The van der Waals surface area contributed by atoms with Gasteiger partial charge in [0.05, 0.1) is 12.1 Å². The second-order valence-electron chi connectivity index (χ2n) is 5.75. The van der Waals surface area contributed by atoms with Crippen LogP contribution in [-0.2, 0) is 14.3 Å². The predicted octanol–water partition coefficient (Wildman–Crippen LogP) is 1.48. The lowest BCUT2D eigenvalue weighted by Crippen LogP contribution is -2.57. The molecule has 0 bridgehead atoms. The van der Waals surface area contributed by atoms with Crippen LogP contribution in [-0.4, -0.2) is 47.8 Å². The molecule has 1 fully saturated rings. The fraction of sp³-hybridized carbons (Fsp3) is 0.647. The number of hydrogen-bond acceptors (Lipinski definition) is 4. The topological polar surface area (TPSA) is 87.7 Å². The third kappa shape index (κ3) is 5.48. The van der Waals surface area contributed by atoms with Crippen LogP contribution in [0.1, 0.15) is 33.6 Å². The maximum Gasteiger partial charge on any atom is 0.320 e. The Labute approximate surface area is 138 Å². The molecule has 1 aliphatic rings. The van der Waals surface area contributed by atoms with Crippen LogP contribution in [0.2, 0.25) is 0 Å². The molecule has 3 N–H and O–H groups in total. The third-order valence-electron chi connectivity index (χ3n) is 4.04. The third-order valence-corrected chi connectivity index (χ3v) is 4.04. The minimum absolute atomic E-state index is 0.0192. The average Bonchev–Trinajstić information content (AvgIpc) is 2.89. The highest BCUT2D eigenvalue weighted by Crippen LogP contribution is 2.27. The van der Waals surface area contributed by atoms with Crippen molar-refractivity contribution in [3.8, 4) is 0 Å². The molecule has 0 spiro atoms. The molecule has 6 nitrogen and oxygen atoms in total. The van der Waals surface area contributed by atoms with Gasteiger partial charge in [0, 0.05) is 19.6 Å². The highest BCUT2D eigenvalue weighted by Gasteiger charge is 2.43. The lowest BCUT2D eigenvalue weighted by Gasteiger charge is -2.34. The number of carbonyl (C=O) groups excluding carboxylic acids is 1. The molecule has 0 aliphatic carbocycles. The minimum atomic E-state index is -0.875. The minimum Gasteiger partial charge on any atom is -0.480 e. The zero-order chi connectivity index (χ0) is 17.4. The molecule has 0 aromatic rings. The van der Waals surface area contributed by atoms with Gasteiger partial charge in [0.15, 0.2) is 0 Å². The molecule has 130 valence electrons. The average molecular weight is 324 g/mol. The highest BCUT2D eigenvalue weighted by molar-refractivity contribution is 5.75. The van der Waals surface area contributed by atoms with Crippen molar-refractivity contribution >= 4 is 11.9 Å². The Balaban J connectivity index is 3.07. The molecule has 0 radical (unpaired) electrons. The van der Waals surface area contributed by atoms with Gasteiger partial charge >= 0.3 is 5.97 Å². The zero-order valence-electron chi connectivity index (χ0n) is 14.1. The molecular weight excluding hydrogens is 296 g/mol. The van der Waals surface area contributed by atoms with Crippen molar-refractivity contribution in [1.29, 1.82) is 0 Å². The summed E-state index contributed by atoms with van der Waals surface area (Å²) in [7, 11) is 0. The summed E-state index contributed by atoms with van der Waals surface area (Å²) < 4.78 is 5.78. The summed E-state index contributed by atoms with van der Waals surface area (Å²) in [5, 5.41) is 15.4. The Morgan fingerprint density at radius 2 is 2.22 bits per heavy atom. The van der Waals surface area contributed by atoms with E-state index in [1.807, 2.05) is 26.0 Å². The van der Waals surface area contributed by atoms with E-state index in [9.17, 15) is 14.7 Å². The van der Waals surface area contributed by atoms with E-state index >= 15 is 0 Å². The highest BCUT2D eigenvalue weighted by atomic mass is 16.5. The number of carboxylic acids is 1. The van der Waals surface area contributed by atoms with Crippen molar-refractivity contribution in [3.63, 3.8) is 0 Å². The van der Waals surface area contributed by atoms with Gasteiger partial charge in [0.2, 0.25) is 5.91 Å². The van der Waals surface area contributed by atoms with Crippen molar-refractivity contribution in [2.24, 2.45) is 5.92 Å².